The highest BCUT2D eigenvalue weighted by Crippen LogP contribution is 2.30. The number of amides is 2. The summed E-state index contributed by atoms with van der Waals surface area (Å²) < 4.78 is 0. The number of carbonyl (C=O) groups is 1. The Balaban J connectivity index is 1.78. The van der Waals surface area contributed by atoms with E-state index in [-0.39, 0.29) is 6.03 Å². The minimum atomic E-state index is -0.249. The van der Waals surface area contributed by atoms with E-state index in [2.05, 4.69) is 36.1 Å². The number of aryl methyl sites for hydroxylation is 3. The second-order valence-electron chi connectivity index (χ2n) is 6.02. The van der Waals surface area contributed by atoms with E-state index in [1.807, 2.05) is 51.1 Å². The number of benzene rings is 1. The van der Waals surface area contributed by atoms with Gasteiger partial charge in [0.15, 0.2) is 11.0 Å². The predicted molar refractivity (Wildman–Crippen MR) is 107 cm³/mol. The third kappa shape index (κ3) is 4.98. The van der Waals surface area contributed by atoms with Crippen LogP contribution in [0.4, 0.5) is 22.1 Å². The van der Waals surface area contributed by atoms with Gasteiger partial charge in [-0.05, 0) is 56.3 Å². The third-order valence-corrected chi connectivity index (χ3v) is 4.70. The van der Waals surface area contributed by atoms with Crippen molar-refractivity contribution in [2.75, 3.05) is 17.7 Å². The average molecular weight is 383 g/mol. The largest absolute Gasteiger partial charge is 0.341 e. The summed E-state index contributed by atoms with van der Waals surface area (Å²) in [7, 11) is 1.58. The van der Waals surface area contributed by atoms with Crippen molar-refractivity contribution in [1.82, 2.24) is 25.5 Å². The molecule has 0 spiro atoms. The zero-order valence-electron chi connectivity index (χ0n) is 15.5. The Morgan fingerprint density at radius 1 is 1.07 bits per heavy atom. The number of hydrogen-bond acceptors (Lipinski definition) is 6. The summed E-state index contributed by atoms with van der Waals surface area (Å²) >= 11 is 1.47. The lowest BCUT2D eigenvalue weighted by Crippen LogP contribution is -2.24. The van der Waals surface area contributed by atoms with Crippen LogP contribution in [0, 0.1) is 20.8 Å². The fourth-order valence-electron chi connectivity index (χ4n) is 2.40. The quantitative estimate of drug-likeness (QED) is 0.500. The fraction of sp³-hybridized carbons (Fsp3) is 0.222. The van der Waals surface area contributed by atoms with Crippen LogP contribution in [0.2, 0.25) is 0 Å². The third-order valence-electron chi connectivity index (χ3n) is 3.66. The molecule has 27 heavy (non-hydrogen) atoms. The number of H-pyrrole nitrogens is 1. The molecule has 0 atom stereocenters. The molecule has 2 aromatic heterocycles. The normalized spacial score (nSPS) is 10.5. The summed E-state index contributed by atoms with van der Waals surface area (Å²) in [5, 5.41) is 16.2. The van der Waals surface area contributed by atoms with E-state index in [0.717, 1.165) is 27.5 Å². The van der Waals surface area contributed by atoms with Crippen molar-refractivity contribution in [2.45, 2.75) is 30.8 Å². The molecule has 0 aliphatic rings. The molecule has 3 rings (SSSR count). The Morgan fingerprint density at radius 3 is 2.56 bits per heavy atom. The molecule has 0 saturated carbocycles. The predicted octanol–water partition coefficient (Wildman–Crippen LogP) is 3.77. The van der Waals surface area contributed by atoms with E-state index in [1.165, 1.54) is 11.8 Å². The van der Waals surface area contributed by atoms with Crippen LogP contribution in [-0.2, 0) is 0 Å². The van der Waals surface area contributed by atoms with Gasteiger partial charge in [-0.2, -0.15) is 5.10 Å². The average Bonchev–Trinajstić information content (AvgIpc) is 3.01. The van der Waals surface area contributed by atoms with Crippen molar-refractivity contribution in [1.29, 1.82) is 0 Å². The minimum Gasteiger partial charge on any atom is -0.341 e. The monoisotopic (exact) mass is 383 g/mol. The van der Waals surface area contributed by atoms with Crippen LogP contribution in [-0.4, -0.2) is 33.2 Å². The van der Waals surface area contributed by atoms with Gasteiger partial charge in [0.2, 0.25) is 0 Å². The molecule has 2 amide bonds. The van der Waals surface area contributed by atoms with Crippen LogP contribution in [0.5, 0.6) is 0 Å². The highest BCUT2D eigenvalue weighted by molar-refractivity contribution is 7.99. The number of carbonyl (C=O) groups excluding carboxylic acids is 1. The number of urea groups is 1. The summed E-state index contributed by atoms with van der Waals surface area (Å²) in [5.41, 5.74) is 3.59. The molecule has 3 aromatic rings. The SMILES string of the molecule is CNC(=O)Nc1ccc(Sc2nc(C)cc(Nc3cc(C)[nH]n3)n2)c(C)c1. The molecular formula is C18H21N7OS. The Hall–Kier alpha value is -3.07. The number of hydrogen-bond donors (Lipinski definition) is 4. The second kappa shape index (κ2) is 8.09. The summed E-state index contributed by atoms with van der Waals surface area (Å²) in [6.07, 6.45) is 0. The minimum absolute atomic E-state index is 0.249. The summed E-state index contributed by atoms with van der Waals surface area (Å²) in [4.78, 5) is 21.5. The van der Waals surface area contributed by atoms with Crippen molar-refractivity contribution >= 4 is 35.1 Å². The molecule has 4 N–H and O–H groups in total. The molecule has 0 radical (unpaired) electrons. The molecule has 1 aromatic carbocycles. The van der Waals surface area contributed by atoms with Gasteiger partial charge in [0.25, 0.3) is 0 Å². The molecule has 9 heteroatoms. The maximum Gasteiger partial charge on any atom is 0.318 e. The van der Waals surface area contributed by atoms with Crippen LogP contribution < -0.4 is 16.0 Å². The Kier molecular flexibility index (Phi) is 5.60. The maximum atomic E-state index is 11.4. The van der Waals surface area contributed by atoms with Gasteiger partial charge in [-0.25, -0.2) is 14.8 Å². The topological polar surface area (TPSA) is 108 Å². The number of aromatic amines is 1. The molecule has 140 valence electrons. The van der Waals surface area contributed by atoms with E-state index in [1.54, 1.807) is 7.05 Å². The number of aromatic nitrogens is 4. The number of anilines is 3. The lowest BCUT2D eigenvalue weighted by molar-refractivity contribution is 0.254. The molecule has 0 aliphatic heterocycles. The summed E-state index contributed by atoms with van der Waals surface area (Å²) in [6, 6.07) is 9.25. The van der Waals surface area contributed by atoms with Gasteiger partial charge in [-0.3, -0.25) is 5.10 Å². The van der Waals surface area contributed by atoms with Crippen LogP contribution in [0.25, 0.3) is 0 Å². The van der Waals surface area contributed by atoms with Gasteiger partial charge in [0.1, 0.15) is 5.82 Å². The maximum absolute atomic E-state index is 11.4. The van der Waals surface area contributed by atoms with Crippen LogP contribution in [0.1, 0.15) is 17.0 Å². The van der Waals surface area contributed by atoms with E-state index in [9.17, 15) is 4.79 Å². The first-order valence-corrected chi connectivity index (χ1v) is 9.16. The summed E-state index contributed by atoms with van der Waals surface area (Å²) in [5.74, 6) is 1.40. The number of nitrogens with one attached hydrogen (secondary N) is 4. The second-order valence-corrected chi connectivity index (χ2v) is 7.03. The van der Waals surface area contributed by atoms with Gasteiger partial charge in [0, 0.05) is 41.2 Å². The first-order valence-electron chi connectivity index (χ1n) is 8.35. The van der Waals surface area contributed by atoms with Gasteiger partial charge in [-0.1, -0.05) is 0 Å². The number of nitrogens with zero attached hydrogens (tertiary/aromatic N) is 3. The van der Waals surface area contributed by atoms with Crippen molar-refractivity contribution < 1.29 is 4.79 Å². The standard InChI is InChI=1S/C18H21N7OS/c1-10-7-13(21-17(26)19-4)5-6-14(10)27-18-20-11(2)8-15(23-18)22-16-9-12(3)24-25-16/h5-9H,1-4H3,(H2,19,21,26)(H2,20,22,23,24,25). The first kappa shape index (κ1) is 18.7. The molecule has 8 nitrogen and oxygen atoms in total. The molecule has 0 fully saturated rings. The van der Waals surface area contributed by atoms with E-state index < -0.39 is 0 Å². The molecular weight excluding hydrogens is 362 g/mol. The van der Waals surface area contributed by atoms with Crippen LogP contribution in [0.15, 0.2) is 40.4 Å². The van der Waals surface area contributed by atoms with Gasteiger partial charge in [-0.15, -0.1) is 0 Å². The molecule has 0 aliphatic carbocycles. The van der Waals surface area contributed by atoms with Gasteiger partial charge < -0.3 is 16.0 Å². The smallest absolute Gasteiger partial charge is 0.318 e. The van der Waals surface area contributed by atoms with E-state index >= 15 is 0 Å². The van der Waals surface area contributed by atoms with E-state index in [0.29, 0.717) is 16.8 Å². The van der Waals surface area contributed by atoms with Crippen molar-refractivity contribution in [2.24, 2.45) is 0 Å². The summed E-state index contributed by atoms with van der Waals surface area (Å²) in [6.45, 7) is 5.85. The molecule has 0 bridgehead atoms. The molecule has 0 unspecified atom stereocenters. The van der Waals surface area contributed by atoms with Gasteiger partial charge >= 0.3 is 6.03 Å². The lowest BCUT2D eigenvalue weighted by atomic mass is 10.2. The van der Waals surface area contributed by atoms with Crippen LogP contribution >= 0.6 is 11.8 Å². The fourth-order valence-corrected chi connectivity index (χ4v) is 3.28. The molecule has 2 heterocycles. The lowest BCUT2D eigenvalue weighted by Gasteiger charge is -2.10. The Morgan fingerprint density at radius 2 is 1.89 bits per heavy atom. The zero-order chi connectivity index (χ0) is 19.4. The Bertz CT molecular complexity index is 970. The zero-order valence-corrected chi connectivity index (χ0v) is 16.4. The van der Waals surface area contributed by atoms with Crippen LogP contribution in [0.3, 0.4) is 0 Å². The van der Waals surface area contributed by atoms with E-state index in [4.69, 9.17) is 0 Å². The highest BCUT2D eigenvalue weighted by Gasteiger charge is 2.09. The first-order chi connectivity index (χ1) is 12.9. The van der Waals surface area contributed by atoms with Crippen molar-refractivity contribution in [3.8, 4) is 0 Å². The van der Waals surface area contributed by atoms with Crippen molar-refractivity contribution in [3.63, 3.8) is 0 Å². The highest BCUT2D eigenvalue weighted by atomic mass is 32.2. The van der Waals surface area contributed by atoms with Crippen molar-refractivity contribution in [3.05, 3.63) is 47.3 Å². The Labute approximate surface area is 161 Å². The molecule has 0 saturated heterocycles. The number of rotatable bonds is 5. The van der Waals surface area contributed by atoms with Gasteiger partial charge in [0.05, 0.1) is 0 Å².